The van der Waals surface area contributed by atoms with Gasteiger partial charge in [0.25, 0.3) is 0 Å². The van der Waals surface area contributed by atoms with Crippen LogP contribution in [0.4, 0.5) is 13.2 Å². The molecule has 1 N–H and O–H groups in total. The highest BCUT2D eigenvalue weighted by Crippen LogP contribution is 2.30. The van der Waals surface area contributed by atoms with Crippen LogP contribution in [0.5, 0.6) is 0 Å². The number of hydrogen-bond acceptors (Lipinski definition) is 4. The Balaban J connectivity index is 2.33. The van der Waals surface area contributed by atoms with Crippen molar-refractivity contribution in [2.75, 3.05) is 7.05 Å². The summed E-state index contributed by atoms with van der Waals surface area (Å²) in [5.74, 6) is -3.18. The van der Waals surface area contributed by atoms with Gasteiger partial charge in [-0.2, -0.15) is 23.5 Å². The smallest absolute Gasteiger partial charge is 0.358 e. The molecule has 1 amide bonds. The molecule has 1 aromatic carbocycles. The van der Waals surface area contributed by atoms with E-state index in [2.05, 4.69) is 10.4 Å². The van der Waals surface area contributed by atoms with Crippen molar-refractivity contribution >= 4 is 11.7 Å². The van der Waals surface area contributed by atoms with Crippen molar-refractivity contribution in [3.63, 3.8) is 0 Å². The fourth-order valence-corrected chi connectivity index (χ4v) is 1.95. The quantitative estimate of drug-likeness (QED) is 0.683. The van der Waals surface area contributed by atoms with Crippen LogP contribution in [0.2, 0.25) is 0 Å². The Kier molecular flexibility index (Phi) is 4.69. The van der Waals surface area contributed by atoms with Crippen LogP contribution in [0, 0.1) is 17.2 Å². The summed E-state index contributed by atoms with van der Waals surface area (Å²) in [5, 5.41) is 15.0. The second-order valence-electron chi connectivity index (χ2n) is 4.73. The van der Waals surface area contributed by atoms with Crippen LogP contribution in [0.1, 0.15) is 16.1 Å². The Labute approximate surface area is 134 Å². The van der Waals surface area contributed by atoms with Gasteiger partial charge in [-0.05, 0) is 24.3 Å². The standard InChI is InChI=1S/C15H11F3N4O2/c1-20-14(24)11(8-19)13(23)12-5-6-22(21-12)10-4-2-3-9(7-10)15(16,17)18/h2-7,11H,1H3,(H,20,24)/t11-/m1/s1. The van der Waals surface area contributed by atoms with E-state index in [0.29, 0.717) is 0 Å². The van der Waals surface area contributed by atoms with Crippen molar-refractivity contribution in [3.05, 3.63) is 47.8 Å². The molecule has 2 aromatic rings. The summed E-state index contributed by atoms with van der Waals surface area (Å²) in [4.78, 5) is 23.6. The van der Waals surface area contributed by atoms with Crippen LogP contribution in [-0.2, 0) is 11.0 Å². The fourth-order valence-electron chi connectivity index (χ4n) is 1.95. The summed E-state index contributed by atoms with van der Waals surface area (Å²) in [6.07, 6.45) is -3.23. The van der Waals surface area contributed by atoms with Gasteiger partial charge in [0.05, 0.1) is 17.3 Å². The number of ketones is 1. The molecule has 2 rings (SSSR count). The molecular formula is C15H11F3N4O2. The highest BCUT2D eigenvalue weighted by atomic mass is 19.4. The second kappa shape index (κ2) is 6.54. The lowest BCUT2D eigenvalue weighted by Crippen LogP contribution is -2.32. The highest BCUT2D eigenvalue weighted by molar-refractivity contribution is 6.11. The van der Waals surface area contributed by atoms with Gasteiger partial charge in [0, 0.05) is 13.2 Å². The number of aromatic nitrogens is 2. The van der Waals surface area contributed by atoms with Gasteiger partial charge in [-0.15, -0.1) is 0 Å². The Morgan fingerprint density at radius 3 is 2.62 bits per heavy atom. The van der Waals surface area contributed by atoms with Crippen molar-refractivity contribution < 1.29 is 22.8 Å². The molecule has 1 aromatic heterocycles. The van der Waals surface area contributed by atoms with Gasteiger partial charge in [0.2, 0.25) is 11.7 Å². The van der Waals surface area contributed by atoms with E-state index in [0.717, 1.165) is 16.8 Å². The maximum atomic E-state index is 12.7. The first-order valence-corrected chi connectivity index (χ1v) is 6.66. The highest BCUT2D eigenvalue weighted by Gasteiger charge is 2.31. The largest absolute Gasteiger partial charge is 0.416 e. The maximum absolute atomic E-state index is 12.7. The average Bonchev–Trinajstić information content (AvgIpc) is 3.04. The lowest BCUT2D eigenvalue weighted by molar-refractivity contribution is -0.137. The predicted molar refractivity (Wildman–Crippen MR) is 76.1 cm³/mol. The van der Waals surface area contributed by atoms with Crippen molar-refractivity contribution in [2.24, 2.45) is 5.92 Å². The number of hydrogen-bond donors (Lipinski definition) is 1. The molecule has 1 atom stereocenters. The predicted octanol–water partition coefficient (Wildman–Crippen LogP) is 1.96. The monoisotopic (exact) mass is 336 g/mol. The van der Waals surface area contributed by atoms with Gasteiger partial charge in [0.1, 0.15) is 5.69 Å². The first kappa shape index (κ1) is 17.2. The minimum atomic E-state index is -4.51. The van der Waals surface area contributed by atoms with Crippen LogP contribution in [-0.4, -0.2) is 28.5 Å². The number of rotatable bonds is 4. The van der Waals surface area contributed by atoms with Crippen molar-refractivity contribution in [1.29, 1.82) is 5.26 Å². The molecule has 0 spiro atoms. The molecule has 0 saturated carbocycles. The summed E-state index contributed by atoms with van der Waals surface area (Å²) < 4.78 is 39.3. The van der Waals surface area contributed by atoms with Gasteiger partial charge in [0.15, 0.2) is 5.92 Å². The van der Waals surface area contributed by atoms with E-state index in [1.807, 2.05) is 0 Å². The zero-order valence-corrected chi connectivity index (χ0v) is 12.3. The van der Waals surface area contributed by atoms with E-state index in [1.54, 1.807) is 6.07 Å². The minimum Gasteiger partial charge on any atom is -0.358 e. The second-order valence-corrected chi connectivity index (χ2v) is 4.73. The van der Waals surface area contributed by atoms with E-state index >= 15 is 0 Å². The molecular weight excluding hydrogens is 325 g/mol. The number of nitrogens with zero attached hydrogens (tertiary/aromatic N) is 3. The number of nitriles is 1. The van der Waals surface area contributed by atoms with Crippen LogP contribution in [0.15, 0.2) is 36.5 Å². The summed E-state index contributed by atoms with van der Waals surface area (Å²) in [6, 6.07) is 7.19. The Hall–Kier alpha value is -3.15. The number of alkyl halides is 3. The Morgan fingerprint density at radius 2 is 2.04 bits per heavy atom. The fraction of sp³-hybridized carbons (Fsp3) is 0.200. The minimum absolute atomic E-state index is 0.0947. The van der Waals surface area contributed by atoms with Crippen molar-refractivity contribution in [3.8, 4) is 11.8 Å². The van der Waals surface area contributed by atoms with E-state index < -0.39 is 29.3 Å². The Bertz CT molecular complexity index is 821. The Morgan fingerprint density at radius 1 is 1.33 bits per heavy atom. The van der Waals surface area contributed by atoms with E-state index in [4.69, 9.17) is 5.26 Å². The van der Waals surface area contributed by atoms with E-state index in [9.17, 15) is 22.8 Å². The van der Waals surface area contributed by atoms with E-state index in [-0.39, 0.29) is 11.4 Å². The number of benzene rings is 1. The van der Waals surface area contributed by atoms with Gasteiger partial charge in [-0.3, -0.25) is 9.59 Å². The number of amides is 1. The summed E-state index contributed by atoms with van der Waals surface area (Å²) in [5.41, 5.74) is -0.955. The summed E-state index contributed by atoms with van der Waals surface area (Å²) in [7, 11) is 1.28. The lowest BCUT2D eigenvalue weighted by Gasteiger charge is -2.08. The molecule has 9 heteroatoms. The lowest BCUT2D eigenvalue weighted by atomic mass is 10.0. The van der Waals surface area contributed by atoms with Crippen LogP contribution >= 0.6 is 0 Å². The normalized spacial score (nSPS) is 12.3. The summed E-state index contributed by atoms with van der Waals surface area (Å²) >= 11 is 0. The van der Waals surface area contributed by atoms with Gasteiger partial charge >= 0.3 is 6.18 Å². The first-order chi connectivity index (χ1) is 11.3. The zero-order valence-electron chi connectivity index (χ0n) is 12.3. The number of Topliss-reactive ketones (excluding diaryl/α,β-unsaturated/α-hetero) is 1. The molecule has 6 nitrogen and oxygen atoms in total. The first-order valence-electron chi connectivity index (χ1n) is 6.66. The molecule has 0 bridgehead atoms. The summed E-state index contributed by atoms with van der Waals surface area (Å²) in [6.45, 7) is 0. The molecule has 0 fully saturated rings. The SMILES string of the molecule is CNC(=O)[C@H](C#N)C(=O)c1ccn(-c2cccc(C(F)(F)F)c2)n1. The van der Waals surface area contributed by atoms with E-state index in [1.165, 1.54) is 31.4 Å². The third-order valence-electron chi connectivity index (χ3n) is 3.18. The number of carbonyl (C=O) groups is 2. The third-order valence-corrected chi connectivity index (χ3v) is 3.18. The molecule has 1 heterocycles. The average molecular weight is 336 g/mol. The molecule has 0 aliphatic carbocycles. The molecule has 0 unspecified atom stereocenters. The van der Waals surface area contributed by atoms with Gasteiger partial charge in [-0.25, -0.2) is 4.68 Å². The van der Waals surface area contributed by atoms with Crippen LogP contribution in [0.3, 0.4) is 0 Å². The topological polar surface area (TPSA) is 87.8 Å². The third kappa shape index (κ3) is 3.43. The van der Waals surface area contributed by atoms with Crippen molar-refractivity contribution in [2.45, 2.75) is 6.18 Å². The van der Waals surface area contributed by atoms with Crippen LogP contribution in [0.25, 0.3) is 5.69 Å². The molecule has 0 saturated heterocycles. The molecule has 0 aliphatic heterocycles. The van der Waals surface area contributed by atoms with Gasteiger partial charge < -0.3 is 5.32 Å². The number of carbonyl (C=O) groups excluding carboxylic acids is 2. The molecule has 24 heavy (non-hydrogen) atoms. The maximum Gasteiger partial charge on any atom is 0.416 e. The zero-order chi connectivity index (χ0) is 17.9. The van der Waals surface area contributed by atoms with Crippen molar-refractivity contribution in [1.82, 2.24) is 15.1 Å². The number of halogens is 3. The van der Waals surface area contributed by atoms with Crippen LogP contribution < -0.4 is 5.32 Å². The molecule has 0 aliphatic rings. The molecule has 124 valence electrons. The van der Waals surface area contributed by atoms with Gasteiger partial charge in [-0.1, -0.05) is 6.07 Å². The number of nitrogens with one attached hydrogen (secondary N) is 1. The molecule has 0 radical (unpaired) electrons.